The van der Waals surface area contributed by atoms with Gasteiger partial charge in [-0.3, -0.25) is 17.6 Å². The van der Waals surface area contributed by atoms with E-state index in [1.807, 2.05) is 30.3 Å². The van der Waals surface area contributed by atoms with E-state index in [2.05, 4.69) is 6.07 Å². The molecule has 157 valence electrons. The third-order valence-corrected chi connectivity index (χ3v) is 2.59. The maximum absolute atomic E-state index is 12.0. The summed E-state index contributed by atoms with van der Waals surface area (Å²) < 4.78 is 120. The fourth-order valence-electron chi connectivity index (χ4n) is 1.33. The zero-order chi connectivity index (χ0) is 21.4. The van der Waals surface area contributed by atoms with Crippen molar-refractivity contribution in [2.45, 2.75) is 0 Å². The van der Waals surface area contributed by atoms with Gasteiger partial charge in [0.05, 0.1) is 58.2 Å². The predicted molar refractivity (Wildman–Crippen MR) is 75.4 cm³/mol. The first-order valence-electron chi connectivity index (χ1n) is 6.80. The van der Waals surface area contributed by atoms with E-state index >= 15 is 0 Å². The van der Waals surface area contributed by atoms with Gasteiger partial charge in [-0.1, -0.05) is 0 Å². The average molecular weight is 470 g/mol. The van der Waals surface area contributed by atoms with Crippen molar-refractivity contribution < 1.29 is 60.4 Å². The second-order valence-electron chi connectivity index (χ2n) is 4.47. The summed E-state index contributed by atoms with van der Waals surface area (Å²) in [7, 11) is 0. The Morgan fingerprint density at radius 1 is 0.414 bits per heavy atom. The topological polar surface area (TPSA) is 0 Å². The molecule has 0 atom stereocenters. The van der Waals surface area contributed by atoms with Crippen LogP contribution in [0.2, 0.25) is 0 Å². The molecule has 3 aromatic rings. The summed E-state index contributed by atoms with van der Waals surface area (Å²) in [6.07, 6.45) is 0. The van der Waals surface area contributed by atoms with Crippen molar-refractivity contribution in [1.29, 1.82) is 0 Å². The van der Waals surface area contributed by atoms with Gasteiger partial charge in [0.25, 0.3) is 0 Å². The summed E-state index contributed by atoms with van der Waals surface area (Å²) in [5, 5.41) is 0. The van der Waals surface area contributed by atoms with Crippen LogP contribution >= 0.6 is 0 Å². The van der Waals surface area contributed by atoms with E-state index in [9.17, 15) is 43.9 Å². The molecule has 0 aromatic heterocycles. The number of halogens is 10. The summed E-state index contributed by atoms with van der Waals surface area (Å²) in [6, 6.07) is 14.5. The van der Waals surface area contributed by atoms with E-state index in [1.165, 1.54) is 0 Å². The van der Waals surface area contributed by atoms with Gasteiger partial charge < -0.3 is 0 Å². The van der Waals surface area contributed by atoms with Gasteiger partial charge in [0.15, 0.2) is 0 Å². The van der Waals surface area contributed by atoms with Crippen molar-refractivity contribution in [2.24, 2.45) is 0 Å². The van der Waals surface area contributed by atoms with Crippen LogP contribution in [0.15, 0.2) is 30.3 Å². The Kier molecular flexibility index (Phi) is 11.0. The molecule has 0 aliphatic heterocycles. The van der Waals surface area contributed by atoms with Gasteiger partial charge in [-0.15, -0.1) is 12.1 Å². The SMILES string of the molecule is Fc1[c-]c(F)c(F)c(F)c1F.Fc1[c-]c(F)c(F)c(F)c1F.[Ni+3].[c-]1ccccc1. The van der Waals surface area contributed by atoms with Gasteiger partial charge >= 0.3 is 16.5 Å². The molecule has 0 N–H and O–H groups in total. The maximum atomic E-state index is 12.0. The zero-order valence-corrected chi connectivity index (χ0v) is 14.5. The summed E-state index contributed by atoms with van der Waals surface area (Å²) in [4.78, 5) is 0. The first kappa shape index (κ1) is 26.5. The van der Waals surface area contributed by atoms with Crippen molar-refractivity contribution in [3.05, 3.63) is 107 Å². The molecule has 29 heavy (non-hydrogen) atoms. The minimum atomic E-state index is -2.17. The van der Waals surface area contributed by atoms with Crippen molar-refractivity contribution in [1.82, 2.24) is 0 Å². The monoisotopic (exact) mass is 469 g/mol. The minimum absolute atomic E-state index is 0. The third kappa shape index (κ3) is 7.42. The Labute approximate surface area is 167 Å². The molecule has 0 fully saturated rings. The molecule has 0 saturated carbocycles. The first-order chi connectivity index (χ1) is 13.1. The standard InChI is InChI=1S/2C6F5.C6H5.Ni/c2*7-2-1-3(8)5(10)6(11)4(2)9;1-2-4-6-5-3-1;/h;;1-5H;/q3*-1;+3. The summed E-state index contributed by atoms with van der Waals surface area (Å²) in [5.41, 5.74) is 0. The van der Waals surface area contributed by atoms with Gasteiger partial charge in [0.2, 0.25) is 0 Å². The Hall–Kier alpha value is -2.55. The Balaban J connectivity index is 0.000000415. The molecule has 0 amide bonds. The molecule has 0 bridgehead atoms. The maximum Gasteiger partial charge on any atom is 3.00 e. The number of benzene rings is 3. The molecular formula is C18H5F10Ni. The second kappa shape index (κ2) is 12.1. The van der Waals surface area contributed by atoms with Crippen LogP contribution in [-0.2, 0) is 16.5 Å². The predicted octanol–water partition coefficient (Wildman–Crippen LogP) is 5.85. The number of hydrogen-bond acceptors (Lipinski definition) is 0. The van der Waals surface area contributed by atoms with E-state index < -0.39 is 58.2 Å². The van der Waals surface area contributed by atoms with Gasteiger partial charge in [-0.25, -0.2) is 26.3 Å². The fourth-order valence-corrected chi connectivity index (χ4v) is 1.33. The molecule has 0 aliphatic rings. The molecule has 0 spiro atoms. The molecule has 11 heteroatoms. The largest absolute Gasteiger partial charge is 3.00 e. The van der Waals surface area contributed by atoms with Crippen molar-refractivity contribution >= 4 is 0 Å². The van der Waals surface area contributed by atoms with Gasteiger partial charge in [-0.05, 0) is 0 Å². The summed E-state index contributed by atoms with van der Waals surface area (Å²) in [5.74, 6) is -20.1. The Bertz CT molecular complexity index is 791. The van der Waals surface area contributed by atoms with Crippen molar-refractivity contribution in [3.8, 4) is 0 Å². The van der Waals surface area contributed by atoms with Crippen molar-refractivity contribution in [3.63, 3.8) is 0 Å². The van der Waals surface area contributed by atoms with Crippen molar-refractivity contribution in [2.75, 3.05) is 0 Å². The van der Waals surface area contributed by atoms with Crippen LogP contribution in [0.4, 0.5) is 43.9 Å². The third-order valence-electron chi connectivity index (χ3n) is 2.59. The Morgan fingerprint density at radius 3 is 0.862 bits per heavy atom. The van der Waals surface area contributed by atoms with Crippen LogP contribution in [-0.4, -0.2) is 0 Å². The second-order valence-corrected chi connectivity index (χ2v) is 4.47. The molecule has 0 aliphatic carbocycles. The smallest absolute Gasteiger partial charge is 0.278 e. The normalized spacial score (nSPS) is 9.45. The zero-order valence-electron chi connectivity index (χ0n) is 13.5. The van der Waals surface area contributed by atoms with E-state index in [1.54, 1.807) is 0 Å². The molecule has 0 nitrogen and oxygen atoms in total. The quantitative estimate of drug-likeness (QED) is 0.127. The Morgan fingerprint density at radius 2 is 0.690 bits per heavy atom. The van der Waals surface area contributed by atoms with E-state index in [0.29, 0.717) is 0 Å². The van der Waals surface area contributed by atoms with Crippen LogP contribution in [0, 0.1) is 76.4 Å². The summed E-state index contributed by atoms with van der Waals surface area (Å²) in [6.45, 7) is 0. The molecule has 0 heterocycles. The minimum Gasteiger partial charge on any atom is -0.278 e. The summed E-state index contributed by atoms with van der Waals surface area (Å²) >= 11 is 0. The van der Waals surface area contributed by atoms with Crippen LogP contribution in [0.1, 0.15) is 0 Å². The molecular weight excluding hydrogens is 465 g/mol. The van der Waals surface area contributed by atoms with Crippen LogP contribution in [0.3, 0.4) is 0 Å². The first-order valence-corrected chi connectivity index (χ1v) is 6.80. The van der Waals surface area contributed by atoms with Gasteiger partial charge in [-0.2, -0.15) is 36.4 Å². The number of rotatable bonds is 0. The van der Waals surface area contributed by atoms with Gasteiger partial charge in [0.1, 0.15) is 0 Å². The fraction of sp³-hybridized carbons (Fsp3) is 0. The number of hydrogen-bond donors (Lipinski definition) is 0. The van der Waals surface area contributed by atoms with E-state index in [0.717, 1.165) is 12.1 Å². The van der Waals surface area contributed by atoms with Gasteiger partial charge in [0, 0.05) is 0 Å². The van der Waals surface area contributed by atoms with Crippen LogP contribution < -0.4 is 0 Å². The van der Waals surface area contributed by atoms with E-state index in [4.69, 9.17) is 0 Å². The molecule has 0 saturated heterocycles. The molecule has 0 unspecified atom stereocenters. The average Bonchev–Trinajstić information content (AvgIpc) is 2.70. The van der Waals surface area contributed by atoms with Crippen LogP contribution in [0.25, 0.3) is 0 Å². The molecule has 3 aromatic carbocycles. The van der Waals surface area contributed by atoms with E-state index in [-0.39, 0.29) is 16.5 Å². The molecule has 3 rings (SSSR count). The van der Waals surface area contributed by atoms with Crippen LogP contribution in [0.5, 0.6) is 0 Å². The molecule has 1 radical (unpaired) electrons.